The van der Waals surface area contributed by atoms with Gasteiger partial charge in [0.25, 0.3) is 5.56 Å². The molecule has 0 unspecified atom stereocenters. The van der Waals surface area contributed by atoms with Crippen LogP contribution in [0.4, 0.5) is 10.1 Å². The van der Waals surface area contributed by atoms with Crippen LogP contribution in [0.5, 0.6) is 5.75 Å². The van der Waals surface area contributed by atoms with E-state index in [0.29, 0.717) is 40.8 Å². The predicted molar refractivity (Wildman–Crippen MR) is 122 cm³/mol. The number of aromatic amines is 1. The molecule has 9 heteroatoms. The summed E-state index contributed by atoms with van der Waals surface area (Å²) in [6.45, 7) is 5.72. The number of hydrogen-bond donors (Lipinski definition) is 2. The molecule has 2 aliphatic rings. The number of nitrogens with zero attached hydrogens (tertiary/aromatic N) is 2. The lowest BCUT2D eigenvalue weighted by Crippen LogP contribution is -2.45. The molecule has 2 aromatic heterocycles. The number of hydrogen-bond acceptors (Lipinski definition) is 6. The molecule has 166 valence electrons. The number of pyridine rings is 1. The number of benzene rings is 1. The average molecular weight is 447 g/mol. The first-order valence-electron chi connectivity index (χ1n) is 10.7. The van der Waals surface area contributed by atoms with E-state index in [2.05, 4.69) is 23.5 Å². The van der Waals surface area contributed by atoms with E-state index in [9.17, 15) is 9.59 Å². The van der Waals surface area contributed by atoms with Crippen LogP contribution in [0.1, 0.15) is 39.2 Å². The first-order chi connectivity index (χ1) is 14.8. The Kier molecular flexibility index (Phi) is 4.67. The maximum absolute atomic E-state index is 15.5. The number of nitrogens with one attached hydrogen (secondary N) is 2. The topological polar surface area (TPSA) is 79.4 Å². The molecule has 2 fully saturated rings. The van der Waals surface area contributed by atoms with Gasteiger partial charge in [0.1, 0.15) is 15.9 Å². The largest absolute Gasteiger partial charge is 0.492 e. The molecule has 0 radical (unpaired) electrons. The van der Waals surface area contributed by atoms with Gasteiger partial charge in [-0.3, -0.25) is 14.0 Å². The Balaban J connectivity index is 1.78. The van der Waals surface area contributed by atoms with Gasteiger partial charge < -0.3 is 19.5 Å². The first kappa shape index (κ1) is 20.5. The molecule has 1 saturated carbocycles. The Morgan fingerprint density at radius 2 is 2.03 bits per heavy atom. The van der Waals surface area contributed by atoms with E-state index in [1.54, 1.807) is 0 Å². The van der Waals surface area contributed by atoms with Crippen LogP contribution in [0.15, 0.2) is 15.7 Å². The summed E-state index contributed by atoms with van der Waals surface area (Å²) in [5.74, 6) is 0.239. The van der Waals surface area contributed by atoms with Crippen molar-refractivity contribution in [1.29, 1.82) is 0 Å². The second-order valence-corrected chi connectivity index (χ2v) is 9.98. The molecule has 31 heavy (non-hydrogen) atoms. The summed E-state index contributed by atoms with van der Waals surface area (Å²) in [6.07, 6.45) is 2.84. The van der Waals surface area contributed by atoms with E-state index < -0.39 is 16.8 Å². The van der Waals surface area contributed by atoms with Crippen LogP contribution in [-0.4, -0.2) is 41.7 Å². The molecule has 1 atom stereocenters. The molecule has 0 spiro atoms. The van der Waals surface area contributed by atoms with Crippen LogP contribution in [0.2, 0.25) is 0 Å². The highest BCUT2D eigenvalue weighted by Crippen LogP contribution is 2.46. The minimum atomic E-state index is -0.488. The number of halogens is 1. The van der Waals surface area contributed by atoms with Gasteiger partial charge in [0.2, 0.25) is 5.43 Å². The quantitative estimate of drug-likeness (QED) is 0.629. The zero-order chi connectivity index (χ0) is 22.1. The fourth-order valence-electron chi connectivity index (χ4n) is 4.84. The van der Waals surface area contributed by atoms with Crippen molar-refractivity contribution >= 4 is 38.3 Å². The molecule has 3 aromatic rings. The fraction of sp³-hybridized carbons (Fsp3) is 0.545. The Labute approximate surface area is 183 Å². The standard InChI is InChI=1S/C22H27FN4O3S/c1-22(2,24-3)11-7-8-26(10-11)17-14(23)9-13-16(19(17)30-4)27(12-5-6-12)21-15(18(13)28)20(29)25-31-21/h9,11-12,24H,5-8,10H2,1-4H3,(H,25,29)/t11-/m1/s1. The monoisotopic (exact) mass is 446 g/mol. The van der Waals surface area contributed by atoms with Crippen molar-refractivity contribution in [3.8, 4) is 5.75 Å². The summed E-state index contributed by atoms with van der Waals surface area (Å²) in [7, 11) is 3.47. The van der Waals surface area contributed by atoms with Gasteiger partial charge in [-0.05, 0) is 63.7 Å². The molecule has 0 bridgehead atoms. The van der Waals surface area contributed by atoms with Crippen molar-refractivity contribution in [1.82, 2.24) is 14.3 Å². The minimum absolute atomic E-state index is 0.0745. The third-order valence-electron chi connectivity index (χ3n) is 7.08. The van der Waals surface area contributed by atoms with Crippen molar-refractivity contribution < 1.29 is 9.13 Å². The SMILES string of the molecule is CNC(C)(C)[C@@H]1CCN(c2c(F)cc3c(=O)c4c(=O)[nH]sc4n(C4CC4)c3c2OC)C1. The average Bonchev–Trinajstić information content (AvgIpc) is 3.32. The summed E-state index contributed by atoms with van der Waals surface area (Å²) < 4.78 is 26.0. The van der Waals surface area contributed by atoms with Crippen LogP contribution in [0, 0.1) is 11.7 Å². The van der Waals surface area contributed by atoms with Crippen molar-refractivity contribution in [2.24, 2.45) is 5.92 Å². The van der Waals surface area contributed by atoms with Gasteiger partial charge >= 0.3 is 0 Å². The summed E-state index contributed by atoms with van der Waals surface area (Å²) in [5, 5.41) is 3.67. The number of ether oxygens (including phenoxy) is 1. The zero-order valence-corrected chi connectivity index (χ0v) is 19.0. The maximum atomic E-state index is 15.5. The van der Waals surface area contributed by atoms with Crippen molar-refractivity contribution in [3.63, 3.8) is 0 Å². The molecule has 2 N–H and O–H groups in total. The van der Waals surface area contributed by atoms with E-state index >= 15 is 4.39 Å². The number of H-pyrrole nitrogens is 1. The second-order valence-electron chi connectivity index (χ2n) is 9.18. The minimum Gasteiger partial charge on any atom is -0.492 e. The van der Waals surface area contributed by atoms with E-state index in [1.807, 2.05) is 16.5 Å². The molecular formula is C22H27FN4O3S. The Bertz CT molecular complexity index is 1300. The summed E-state index contributed by atoms with van der Waals surface area (Å²) in [6, 6.07) is 1.47. The molecular weight excluding hydrogens is 419 g/mol. The fourth-order valence-corrected chi connectivity index (χ4v) is 5.76. The third-order valence-corrected chi connectivity index (χ3v) is 7.96. The maximum Gasteiger partial charge on any atom is 0.271 e. The Morgan fingerprint density at radius 3 is 2.68 bits per heavy atom. The van der Waals surface area contributed by atoms with Crippen LogP contribution < -0.4 is 25.9 Å². The predicted octanol–water partition coefficient (Wildman–Crippen LogP) is 3.21. The highest BCUT2D eigenvalue weighted by Gasteiger charge is 2.38. The summed E-state index contributed by atoms with van der Waals surface area (Å²) >= 11 is 1.16. The van der Waals surface area contributed by atoms with Gasteiger partial charge in [0, 0.05) is 24.7 Å². The number of fused-ring (bicyclic) bond motifs is 2. The third kappa shape index (κ3) is 3.01. The van der Waals surface area contributed by atoms with Crippen LogP contribution in [0.3, 0.4) is 0 Å². The second kappa shape index (κ2) is 7.06. The van der Waals surface area contributed by atoms with Gasteiger partial charge in [-0.15, -0.1) is 0 Å². The first-order valence-corrected chi connectivity index (χ1v) is 11.5. The highest BCUT2D eigenvalue weighted by molar-refractivity contribution is 7.12. The van der Waals surface area contributed by atoms with Crippen molar-refractivity contribution in [2.75, 3.05) is 32.1 Å². The van der Waals surface area contributed by atoms with Gasteiger partial charge in [0.15, 0.2) is 11.6 Å². The smallest absolute Gasteiger partial charge is 0.271 e. The molecule has 1 aromatic carbocycles. The lowest BCUT2D eigenvalue weighted by molar-refractivity contribution is 0.290. The van der Waals surface area contributed by atoms with Crippen LogP contribution in [-0.2, 0) is 0 Å². The van der Waals surface area contributed by atoms with E-state index in [4.69, 9.17) is 4.74 Å². The number of methoxy groups -OCH3 is 1. The summed E-state index contributed by atoms with van der Waals surface area (Å²) in [5.41, 5.74) is 0.0608. The molecule has 3 heterocycles. The van der Waals surface area contributed by atoms with Gasteiger partial charge in [0.05, 0.1) is 18.0 Å². The lowest BCUT2D eigenvalue weighted by atomic mass is 9.87. The van der Waals surface area contributed by atoms with E-state index in [0.717, 1.165) is 30.8 Å². The molecule has 0 amide bonds. The Morgan fingerprint density at radius 1 is 1.29 bits per heavy atom. The van der Waals surface area contributed by atoms with Gasteiger partial charge in [-0.1, -0.05) is 0 Å². The normalized spacial score (nSPS) is 19.6. The van der Waals surface area contributed by atoms with E-state index in [-0.39, 0.29) is 22.4 Å². The number of aromatic nitrogens is 2. The number of rotatable bonds is 5. The molecule has 5 rings (SSSR count). The molecule has 1 aliphatic carbocycles. The highest BCUT2D eigenvalue weighted by atomic mass is 32.1. The van der Waals surface area contributed by atoms with Gasteiger partial charge in [-0.25, -0.2) is 4.39 Å². The van der Waals surface area contributed by atoms with Crippen LogP contribution in [0.25, 0.3) is 21.1 Å². The van der Waals surface area contributed by atoms with Crippen molar-refractivity contribution in [2.45, 2.75) is 44.7 Å². The molecule has 7 nitrogen and oxygen atoms in total. The number of anilines is 1. The lowest BCUT2D eigenvalue weighted by Gasteiger charge is -2.32. The molecule has 1 aliphatic heterocycles. The van der Waals surface area contributed by atoms with Crippen molar-refractivity contribution in [3.05, 3.63) is 32.5 Å². The zero-order valence-electron chi connectivity index (χ0n) is 18.2. The van der Waals surface area contributed by atoms with Gasteiger partial charge in [-0.2, -0.15) is 0 Å². The van der Waals surface area contributed by atoms with Crippen LogP contribution >= 0.6 is 11.5 Å². The van der Waals surface area contributed by atoms with E-state index in [1.165, 1.54) is 13.2 Å². The Hall–Kier alpha value is -2.39. The molecule has 1 saturated heterocycles. The summed E-state index contributed by atoms with van der Waals surface area (Å²) in [4.78, 5) is 28.1.